The van der Waals surface area contributed by atoms with Gasteiger partial charge in [0.15, 0.2) is 23.3 Å². The van der Waals surface area contributed by atoms with Gasteiger partial charge in [-0.3, -0.25) is 0 Å². The van der Waals surface area contributed by atoms with Crippen molar-refractivity contribution in [3.05, 3.63) is 212 Å². The van der Waals surface area contributed by atoms with Crippen LogP contribution in [0.2, 0.25) is 0 Å². The van der Waals surface area contributed by atoms with Crippen molar-refractivity contribution in [3.63, 3.8) is 0 Å². The molecule has 0 N–H and O–H groups in total. The van der Waals surface area contributed by atoms with Gasteiger partial charge in [-0.05, 0) is 57.6 Å². The van der Waals surface area contributed by atoms with Crippen LogP contribution in [0, 0.1) is 11.3 Å². The molecule has 0 aliphatic carbocycles. The minimum absolute atomic E-state index is 0.0313. The Hall–Kier alpha value is -8.40. The molecule has 0 aliphatic heterocycles. The summed E-state index contributed by atoms with van der Waals surface area (Å²) in [6.45, 7) is 0. The highest BCUT2D eigenvalue weighted by atomic mass is 15.0. The van der Waals surface area contributed by atoms with Crippen molar-refractivity contribution in [1.29, 1.82) is 5.26 Å². The fourth-order valence-electron chi connectivity index (χ4n) is 7.46. The molecule has 0 bridgehead atoms. The molecule has 0 radical (unpaired) electrons. The van der Waals surface area contributed by atoms with Crippen LogP contribution in [-0.2, 0) is 0 Å². The maximum absolute atomic E-state index is 9.88. The maximum atomic E-state index is 9.88. The molecule has 0 unspecified atom stereocenters. The van der Waals surface area contributed by atoms with E-state index >= 15 is 0 Å². The first kappa shape index (κ1) is 30.7. The summed E-state index contributed by atoms with van der Waals surface area (Å²) in [6, 6.07) is 57.0. The minimum Gasteiger partial charge on any atom is -0.228 e. The van der Waals surface area contributed by atoms with Gasteiger partial charge in [0, 0.05) is 33.2 Å². The molecule has 0 spiro atoms. The van der Waals surface area contributed by atoms with Crippen molar-refractivity contribution in [3.8, 4) is 96.3 Å². The highest BCUT2D eigenvalue weighted by molar-refractivity contribution is 6.00. The summed E-state index contributed by atoms with van der Waals surface area (Å²) in [6.07, 6.45) is 0. The molecular formula is C54H34N6. The second kappa shape index (κ2) is 15.9. The summed E-state index contributed by atoms with van der Waals surface area (Å²) in [5.74, 6) is 1.49. The van der Waals surface area contributed by atoms with Crippen LogP contribution >= 0.6 is 0 Å². The average molecular weight is 772 g/mol. The van der Waals surface area contributed by atoms with Crippen LogP contribution in [-0.4, -0.2) is 24.9 Å². The van der Waals surface area contributed by atoms with Gasteiger partial charge >= 0.3 is 0 Å². The number of benzene rings is 8. The largest absolute Gasteiger partial charge is 0.228 e. The van der Waals surface area contributed by atoms with Gasteiger partial charge in [-0.1, -0.05) is 182 Å². The number of nitrogens with zero attached hydrogens (tertiary/aromatic N) is 6. The molecule has 0 fully saturated rings. The van der Waals surface area contributed by atoms with Gasteiger partial charge in [-0.25, -0.2) is 24.9 Å². The fraction of sp³-hybridized carbons (Fsp3) is 0. The Morgan fingerprint density at radius 1 is 0.367 bits per heavy atom. The van der Waals surface area contributed by atoms with Crippen LogP contribution in [0.3, 0.4) is 0 Å². The highest BCUT2D eigenvalue weighted by Gasteiger charge is 2.20. The second-order valence-electron chi connectivity index (χ2n) is 14.0. The Balaban J connectivity index is 1.16. The van der Waals surface area contributed by atoms with E-state index in [-0.39, 0.29) is 23.5 Å². The summed E-state index contributed by atoms with van der Waals surface area (Å²) < 4.78 is 42.4. The molecule has 0 saturated carbocycles. The van der Waals surface area contributed by atoms with E-state index in [4.69, 9.17) is 31.8 Å². The number of aromatic nitrogens is 5. The third kappa shape index (κ3) is 6.97. The summed E-state index contributed by atoms with van der Waals surface area (Å²) >= 11 is 0. The standard InChI is InChI=1S/C54H34N6/c55-35-42-23-10-11-26-43(42)39-24-16-25-40(33-39)53-58-52(38-21-8-3-9-22-38)59-54(60-53)41-31-32-45(48(34-41)36-17-4-1-5-18-36)44-27-12-13-28-46(44)50-47-29-14-15-30-49(47)56-51(57-50)37-19-6-2-7-20-37/h1-34H/i2D,6D,7D,19D,20D. The first-order valence-corrected chi connectivity index (χ1v) is 19.3. The van der Waals surface area contributed by atoms with Gasteiger partial charge in [0.2, 0.25) is 0 Å². The normalized spacial score (nSPS) is 12.2. The zero-order valence-corrected chi connectivity index (χ0v) is 31.9. The molecule has 6 heteroatoms. The van der Waals surface area contributed by atoms with Crippen molar-refractivity contribution < 1.29 is 6.85 Å². The van der Waals surface area contributed by atoms with Gasteiger partial charge < -0.3 is 0 Å². The Bertz CT molecular complexity index is 3490. The molecule has 0 atom stereocenters. The molecule has 10 aromatic rings. The van der Waals surface area contributed by atoms with Gasteiger partial charge in [0.25, 0.3) is 0 Å². The van der Waals surface area contributed by atoms with E-state index in [1.165, 1.54) is 0 Å². The number of hydrogen-bond donors (Lipinski definition) is 0. The molecule has 0 aliphatic rings. The zero-order valence-electron chi connectivity index (χ0n) is 36.9. The van der Waals surface area contributed by atoms with Crippen LogP contribution in [0.4, 0.5) is 0 Å². The van der Waals surface area contributed by atoms with E-state index in [0.717, 1.165) is 61.0 Å². The Labute approximate surface area is 354 Å². The molecule has 8 aromatic carbocycles. The van der Waals surface area contributed by atoms with Crippen LogP contribution in [0.5, 0.6) is 0 Å². The Kier molecular flexibility index (Phi) is 8.11. The lowest BCUT2D eigenvalue weighted by Gasteiger charge is -2.17. The molecule has 2 aromatic heterocycles. The second-order valence-corrected chi connectivity index (χ2v) is 14.0. The van der Waals surface area contributed by atoms with Crippen molar-refractivity contribution in [1.82, 2.24) is 24.9 Å². The van der Waals surface area contributed by atoms with Gasteiger partial charge in [-0.2, -0.15) is 5.26 Å². The van der Waals surface area contributed by atoms with E-state index in [9.17, 15) is 5.26 Å². The number of para-hydroxylation sites is 1. The van der Waals surface area contributed by atoms with Crippen molar-refractivity contribution in [2.24, 2.45) is 0 Å². The van der Waals surface area contributed by atoms with Crippen molar-refractivity contribution in [2.45, 2.75) is 0 Å². The van der Waals surface area contributed by atoms with Gasteiger partial charge in [-0.15, -0.1) is 0 Å². The molecule has 280 valence electrons. The van der Waals surface area contributed by atoms with E-state index < -0.39 is 18.1 Å². The van der Waals surface area contributed by atoms with Crippen molar-refractivity contribution in [2.75, 3.05) is 0 Å². The zero-order chi connectivity index (χ0) is 44.6. The minimum atomic E-state index is -0.482. The van der Waals surface area contributed by atoms with Crippen LogP contribution in [0.1, 0.15) is 12.4 Å². The number of rotatable bonds is 8. The molecule has 6 nitrogen and oxygen atoms in total. The molecule has 0 saturated heterocycles. The van der Waals surface area contributed by atoms with Crippen LogP contribution < -0.4 is 0 Å². The average Bonchev–Trinajstić information content (AvgIpc) is 3.37. The SMILES string of the molecule is [2H]c1c([2H])c([2H])c(-c2nc(-c3ccccc3-c3ccc(-c4nc(-c5ccccc5)nc(-c5cccc(-c6ccccc6C#N)c5)n4)cc3-c3ccccc3)c3ccccc3n2)c([2H])c1[2H]. The summed E-state index contributed by atoms with van der Waals surface area (Å²) in [7, 11) is 0. The lowest BCUT2D eigenvalue weighted by Crippen LogP contribution is -2.01. The third-order valence-electron chi connectivity index (χ3n) is 10.3. The van der Waals surface area contributed by atoms with Gasteiger partial charge in [0.05, 0.1) is 29.7 Å². The summed E-state index contributed by atoms with van der Waals surface area (Å²) in [5.41, 5.74) is 10.0. The third-order valence-corrected chi connectivity index (χ3v) is 10.3. The molecule has 60 heavy (non-hydrogen) atoms. The van der Waals surface area contributed by atoms with Crippen molar-refractivity contribution >= 4 is 10.9 Å². The lowest BCUT2D eigenvalue weighted by atomic mass is 9.88. The smallest absolute Gasteiger partial charge is 0.164 e. The molecule has 0 amide bonds. The monoisotopic (exact) mass is 771 g/mol. The topological polar surface area (TPSA) is 88.2 Å². The fourth-order valence-corrected chi connectivity index (χ4v) is 7.46. The van der Waals surface area contributed by atoms with E-state index in [2.05, 4.69) is 30.3 Å². The summed E-state index contributed by atoms with van der Waals surface area (Å²) in [5, 5.41) is 10.6. The maximum Gasteiger partial charge on any atom is 0.164 e. The summed E-state index contributed by atoms with van der Waals surface area (Å²) in [4.78, 5) is 24.9. The first-order chi connectivity index (χ1) is 31.8. The highest BCUT2D eigenvalue weighted by Crippen LogP contribution is 2.42. The number of hydrogen-bond acceptors (Lipinski definition) is 6. The van der Waals surface area contributed by atoms with E-state index in [0.29, 0.717) is 34.2 Å². The predicted octanol–water partition coefficient (Wildman–Crippen LogP) is 13.0. The quantitative estimate of drug-likeness (QED) is 0.153. The van der Waals surface area contributed by atoms with Crippen LogP contribution in [0.15, 0.2) is 206 Å². The van der Waals surface area contributed by atoms with E-state index in [1.807, 2.05) is 146 Å². The first-order valence-electron chi connectivity index (χ1n) is 21.8. The van der Waals surface area contributed by atoms with E-state index in [1.54, 1.807) is 6.07 Å². The molecule has 2 heterocycles. The lowest BCUT2D eigenvalue weighted by molar-refractivity contribution is 1.07. The predicted molar refractivity (Wildman–Crippen MR) is 241 cm³/mol. The van der Waals surface area contributed by atoms with Gasteiger partial charge in [0.1, 0.15) is 0 Å². The molecular weight excluding hydrogens is 733 g/mol. The Morgan fingerprint density at radius 2 is 0.917 bits per heavy atom. The number of fused-ring (bicyclic) bond motifs is 1. The molecule has 10 rings (SSSR count). The Morgan fingerprint density at radius 3 is 1.67 bits per heavy atom. The number of nitriles is 1. The van der Waals surface area contributed by atoms with Crippen LogP contribution in [0.25, 0.3) is 101 Å².